The second kappa shape index (κ2) is 8.32. The topological polar surface area (TPSA) is 128 Å². The van der Waals surface area contributed by atoms with Gasteiger partial charge in [-0.3, -0.25) is 4.79 Å². The minimum Gasteiger partial charge on any atom is -0.352 e. The van der Waals surface area contributed by atoms with Crippen molar-refractivity contribution in [2.75, 3.05) is 0 Å². The summed E-state index contributed by atoms with van der Waals surface area (Å²) < 4.78 is 27.9. The average Bonchev–Trinajstić information content (AvgIpc) is 3.14. The van der Waals surface area contributed by atoms with Gasteiger partial charge in [0.1, 0.15) is 0 Å². The molecule has 0 aliphatic carbocycles. The number of nitrogens with one attached hydrogen (secondary N) is 1. The summed E-state index contributed by atoms with van der Waals surface area (Å²) in [5.41, 5.74) is 2.62. The summed E-state index contributed by atoms with van der Waals surface area (Å²) in [5, 5.41) is 11.8. The van der Waals surface area contributed by atoms with Gasteiger partial charge >= 0.3 is 0 Å². The first-order valence-corrected chi connectivity index (χ1v) is 10.1. The molecule has 0 spiro atoms. The van der Waals surface area contributed by atoms with E-state index in [2.05, 4.69) is 15.5 Å². The van der Waals surface area contributed by atoms with Crippen LogP contribution in [0.5, 0.6) is 0 Å². The van der Waals surface area contributed by atoms with Gasteiger partial charge in [0.05, 0.1) is 4.90 Å². The zero-order valence-corrected chi connectivity index (χ0v) is 16.1. The van der Waals surface area contributed by atoms with Crippen LogP contribution in [0.25, 0.3) is 11.4 Å². The lowest BCUT2D eigenvalue weighted by Gasteiger charge is -2.06. The fraction of sp³-hybridized carbons (Fsp3) is 0.211. The third kappa shape index (κ3) is 5.24. The van der Waals surface area contributed by atoms with E-state index in [1.54, 1.807) is 12.1 Å². The summed E-state index contributed by atoms with van der Waals surface area (Å²) in [6.07, 6.45) is 0.478. The van der Waals surface area contributed by atoms with Crippen LogP contribution in [0.3, 0.4) is 0 Å². The molecule has 0 aliphatic heterocycles. The molecule has 1 heterocycles. The van der Waals surface area contributed by atoms with Gasteiger partial charge in [-0.2, -0.15) is 4.98 Å². The van der Waals surface area contributed by atoms with Crippen molar-refractivity contribution in [1.82, 2.24) is 15.5 Å². The Balaban J connectivity index is 1.52. The van der Waals surface area contributed by atoms with Crippen LogP contribution in [0.4, 0.5) is 0 Å². The molecule has 0 aliphatic rings. The number of amides is 1. The predicted octanol–water partition coefficient (Wildman–Crippen LogP) is 1.94. The summed E-state index contributed by atoms with van der Waals surface area (Å²) in [5.74, 6) is 0.647. The number of hydrogen-bond acceptors (Lipinski definition) is 6. The van der Waals surface area contributed by atoms with E-state index < -0.39 is 10.0 Å². The Kier molecular flexibility index (Phi) is 5.86. The largest absolute Gasteiger partial charge is 0.352 e. The predicted molar refractivity (Wildman–Crippen MR) is 102 cm³/mol. The standard InChI is InChI=1S/C19H20N4O4S/c1-13-5-7-15(8-6-13)19-22-18(27-23-19)10-9-17(24)21-12-14-3-2-4-16(11-14)28(20,25)26/h2-8,11H,9-10,12H2,1H3,(H,21,24)(H2,20,25,26). The second-order valence-electron chi connectivity index (χ2n) is 6.35. The van der Waals surface area contributed by atoms with Crippen molar-refractivity contribution >= 4 is 15.9 Å². The third-order valence-corrected chi connectivity index (χ3v) is 4.97. The molecule has 3 N–H and O–H groups in total. The number of hydrogen-bond donors (Lipinski definition) is 2. The molecule has 0 saturated heterocycles. The lowest BCUT2D eigenvalue weighted by atomic mass is 10.1. The van der Waals surface area contributed by atoms with E-state index in [1.807, 2.05) is 31.2 Å². The molecule has 2 aromatic carbocycles. The van der Waals surface area contributed by atoms with Crippen molar-refractivity contribution in [2.24, 2.45) is 5.14 Å². The highest BCUT2D eigenvalue weighted by Gasteiger charge is 2.11. The number of benzene rings is 2. The second-order valence-corrected chi connectivity index (χ2v) is 7.91. The Morgan fingerprint density at radius 3 is 2.64 bits per heavy atom. The number of aromatic nitrogens is 2. The molecule has 146 valence electrons. The van der Waals surface area contributed by atoms with Crippen molar-refractivity contribution in [3.05, 3.63) is 65.5 Å². The molecule has 1 aromatic heterocycles. The number of carbonyl (C=O) groups is 1. The van der Waals surface area contributed by atoms with Crippen molar-refractivity contribution < 1.29 is 17.7 Å². The molecule has 1 amide bonds. The Bertz CT molecular complexity index is 1080. The zero-order chi connectivity index (χ0) is 20.1. The molecule has 0 bridgehead atoms. The van der Waals surface area contributed by atoms with E-state index in [-0.39, 0.29) is 23.8 Å². The first-order chi connectivity index (χ1) is 13.3. The van der Waals surface area contributed by atoms with Crippen molar-refractivity contribution in [3.63, 3.8) is 0 Å². The molecule has 0 unspecified atom stereocenters. The van der Waals surface area contributed by atoms with Crippen molar-refractivity contribution in [1.29, 1.82) is 0 Å². The van der Waals surface area contributed by atoms with E-state index >= 15 is 0 Å². The summed E-state index contributed by atoms with van der Waals surface area (Å²) >= 11 is 0. The van der Waals surface area contributed by atoms with Crippen LogP contribution in [-0.2, 0) is 27.8 Å². The summed E-state index contributed by atoms with van der Waals surface area (Å²) in [4.78, 5) is 16.4. The third-order valence-electron chi connectivity index (χ3n) is 4.06. The van der Waals surface area contributed by atoms with Crippen LogP contribution in [0.15, 0.2) is 57.9 Å². The lowest BCUT2D eigenvalue weighted by Crippen LogP contribution is -2.23. The maximum atomic E-state index is 12.0. The van der Waals surface area contributed by atoms with Crippen LogP contribution in [0.1, 0.15) is 23.4 Å². The van der Waals surface area contributed by atoms with Crippen LogP contribution < -0.4 is 10.5 Å². The molecule has 8 nitrogen and oxygen atoms in total. The van der Waals surface area contributed by atoms with Gasteiger partial charge < -0.3 is 9.84 Å². The Morgan fingerprint density at radius 1 is 1.18 bits per heavy atom. The van der Waals surface area contributed by atoms with E-state index in [4.69, 9.17) is 9.66 Å². The number of rotatable bonds is 7. The fourth-order valence-corrected chi connectivity index (χ4v) is 3.10. The minimum atomic E-state index is -3.77. The van der Waals surface area contributed by atoms with Crippen LogP contribution in [0, 0.1) is 6.92 Å². The molecule has 0 fully saturated rings. The van der Waals surface area contributed by atoms with Gasteiger partial charge in [0.2, 0.25) is 27.6 Å². The Morgan fingerprint density at radius 2 is 1.93 bits per heavy atom. The van der Waals surface area contributed by atoms with Crippen LogP contribution in [-0.4, -0.2) is 24.5 Å². The quantitative estimate of drug-likeness (QED) is 0.624. The van der Waals surface area contributed by atoms with Crippen LogP contribution >= 0.6 is 0 Å². The first kappa shape index (κ1) is 19.7. The number of aryl methyl sites for hydroxylation is 2. The zero-order valence-electron chi connectivity index (χ0n) is 15.3. The molecule has 0 saturated carbocycles. The Labute approximate surface area is 162 Å². The lowest BCUT2D eigenvalue weighted by molar-refractivity contribution is -0.121. The molecule has 9 heteroatoms. The van der Waals surface area contributed by atoms with Crippen molar-refractivity contribution in [2.45, 2.75) is 31.2 Å². The number of nitrogens with zero attached hydrogens (tertiary/aromatic N) is 2. The van der Waals surface area contributed by atoms with Gasteiger partial charge in [-0.15, -0.1) is 0 Å². The first-order valence-electron chi connectivity index (χ1n) is 8.59. The summed E-state index contributed by atoms with van der Waals surface area (Å²) in [6, 6.07) is 13.9. The highest BCUT2D eigenvalue weighted by molar-refractivity contribution is 7.89. The van der Waals surface area contributed by atoms with Gasteiger partial charge in [0, 0.05) is 24.9 Å². The van der Waals surface area contributed by atoms with E-state index in [0.29, 0.717) is 23.7 Å². The molecule has 28 heavy (non-hydrogen) atoms. The van der Waals surface area contributed by atoms with Gasteiger partial charge in [0.25, 0.3) is 0 Å². The molecule has 3 rings (SSSR count). The molecular formula is C19H20N4O4S. The van der Waals surface area contributed by atoms with Gasteiger partial charge in [-0.05, 0) is 24.6 Å². The van der Waals surface area contributed by atoms with Gasteiger partial charge in [-0.1, -0.05) is 47.1 Å². The number of primary sulfonamides is 1. The monoisotopic (exact) mass is 400 g/mol. The number of carbonyl (C=O) groups excluding carboxylic acids is 1. The number of nitrogens with two attached hydrogens (primary N) is 1. The minimum absolute atomic E-state index is 0.00810. The van der Waals surface area contributed by atoms with E-state index in [1.165, 1.54) is 12.1 Å². The van der Waals surface area contributed by atoms with Crippen molar-refractivity contribution in [3.8, 4) is 11.4 Å². The van der Waals surface area contributed by atoms with Gasteiger partial charge in [-0.25, -0.2) is 13.6 Å². The smallest absolute Gasteiger partial charge is 0.238 e. The normalized spacial score (nSPS) is 11.4. The SMILES string of the molecule is Cc1ccc(-c2noc(CCC(=O)NCc3cccc(S(N)(=O)=O)c3)n2)cc1. The molecular weight excluding hydrogens is 380 g/mol. The average molecular weight is 400 g/mol. The number of sulfonamides is 1. The molecule has 3 aromatic rings. The molecule has 0 radical (unpaired) electrons. The Hall–Kier alpha value is -3.04. The summed E-state index contributed by atoms with van der Waals surface area (Å²) in [6.45, 7) is 2.19. The maximum Gasteiger partial charge on any atom is 0.238 e. The van der Waals surface area contributed by atoms with Gasteiger partial charge in [0.15, 0.2) is 0 Å². The molecule has 0 atom stereocenters. The maximum absolute atomic E-state index is 12.0. The highest BCUT2D eigenvalue weighted by Crippen LogP contribution is 2.17. The fourth-order valence-electron chi connectivity index (χ4n) is 2.52. The van der Waals surface area contributed by atoms with E-state index in [9.17, 15) is 13.2 Å². The highest BCUT2D eigenvalue weighted by atomic mass is 32.2. The van der Waals surface area contributed by atoms with E-state index in [0.717, 1.165) is 11.1 Å². The summed E-state index contributed by atoms with van der Waals surface area (Å²) in [7, 11) is -3.77. The van der Waals surface area contributed by atoms with Crippen LogP contribution in [0.2, 0.25) is 0 Å².